The number of rotatable bonds is 8. The van der Waals surface area contributed by atoms with Gasteiger partial charge in [-0.25, -0.2) is 0 Å². The SMILES string of the molecule is CCCCOc1ccc(C(=O)c2c(C)c(C#N)c(=O)n(Cc3ccc4c(c3)OCO4)c2O)cc1. The van der Waals surface area contributed by atoms with Gasteiger partial charge in [-0.1, -0.05) is 19.4 Å². The smallest absolute Gasteiger partial charge is 0.271 e. The molecule has 0 saturated heterocycles. The van der Waals surface area contributed by atoms with Crippen molar-refractivity contribution >= 4 is 5.78 Å². The molecule has 0 saturated carbocycles. The largest absolute Gasteiger partial charge is 0.494 e. The Balaban J connectivity index is 1.71. The van der Waals surface area contributed by atoms with E-state index < -0.39 is 17.2 Å². The summed E-state index contributed by atoms with van der Waals surface area (Å²) in [4.78, 5) is 26.3. The van der Waals surface area contributed by atoms with Crippen LogP contribution in [0.3, 0.4) is 0 Å². The normalized spacial score (nSPS) is 11.8. The van der Waals surface area contributed by atoms with Crippen LogP contribution in [0, 0.1) is 18.3 Å². The number of ether oxygens (including phenoxy) is 3. The molecule has 34 heavy (non-hydrogen) atoms. The lowest BCUT2D eigenvalue weighted by Gasteiger charge is -2.16. The number of nitrogens with zero attached hydrogens (tertiary/aromatic N) is 2. The highest BCUT2D eigenvalue weighted by Gasteiger charge is 2.25. The van der Waals surface area contributed by atoms with Crippen molar-refractivity contribution in [1.29, 1.82) is 5.26 Å². The summed E-state index contributed by atoms with van der Waals surface area (Å²) in [5.41, 5.74) is 0.129. The zero-order chi connectivity index (χ0) is 24.2. The van der Waals surface area contributed by atoms with Gasteiger partial charge in [-0.15, -0.1) is 0 Å². The lowest BCUT2D eigenvalue weighted by molar-refractivity contribution is 0.103. The average Bonchev–Trinajstić information content (AvgIpc) is 3.31. The first-order valence-electron chi connectivity index (χ1n) is 11.0. The maximum absolute atomic E-state index is 13.3. The quantitative estimate of drug-likeness (QED) is 0.401. The number of ketones is 1. The van der Waals surface area contributed by atoms with Crippen LogP contribution in [0.15, 0.2) is 47.3 Å². The fraction of sp³-hybridized carbons (Fsp3) is 0.269. The third kappa shape index (κ3) is 4.33. The van der Waals surface area contributed by atoms with Crippen molar-refractivity contribution in [1.82, 2.24) is 4.57 Å². The first-order chi connectivity index (χ1) is 16.4. The predicted octanol–water partition coefficient (Wildman–Crippen LogP) is 3.92. The minimum atomic E-state index is -0.675. The molecule has 1 N–H and O–H groups in total. The minimum Gasteiger partial charge on any atom is -0.494 e. The minimum absolute atomic E-state index is 0.0548. The molecule has 2 heterocycles. The van der Waals surface area contributed by atoms with Gasteiger partial charge in [0.05, 0.1) is 18.7 Å². The first-order valence-corrected chi connectivity index (χ1v) is 11.0. The fourth-order valence-corrected chi connectivity index (χ4v) is 3.77. The Hall–Kier alpha value is -4.25. The standard InChI is InChI=1S/C26H24N2O6/c1-3-4-11-32-19-8-6-18(7-9-19)24(29)23-16(2)20(13-27)25(30)28(26(23)31)14-17-5-10-21-22(12-17)34-15-33-21/h5-10,12,31H,3-4,11,14-15H2,1-2H3. The maximum Gasteiger partial charge on any atom is 0.271 e. The summed E-state index contributed by atoms with van der Waals surface area (Å²) >= 11 is 0. The van der Waals surface area contributed by atoms with Crippen molar-refractivity contribution in [2.45, 2.75) is 33.2 Å². The lowest BCUT2D eigenvalue weighted by Crippen LogP contribution is -2.27. The number of aromatic hydroxyl groups is 1. The Morgan fingerprint density at radius 2 is 1.91 bits per heavy atom. The number of hydrogen-bond acceptors (Lipinski definition) is 7. The van der Waals surface area contributed by atoms with E-state index in [1.54, 1.807) is 42.5 Å². The van der Waals surface area contributed by atoms with E-state index in [4.69, 9.17) is 14.2 Å². The van der Waals surface area contributed by atoms with Crippen LogP contribution in [-0.4, -0.2) is 28.9 Å². The molecule has 3 aromatic rings. The highest BCUT2D eigenvalue weighted by Crippen LogP contribution is 2.33. The van der Waals surface area contributed by atoms with Gasteiger partial charge in [-0.2, -0.15) is 5.26 Å². The van der Waals surface area contributed by atoms with Crippen LogP contribution in [0.1, 0.15) is 52.4 Å². The Labute approximate surface area is 196 Å². The van der Waals surface area contributed by atoms with E-state index in [1.165, 1.54) is 6.92 Å². The van der Waals surface area contributed by atoms with E-state index >= 15 is 0 Å². The van der Waals surface area contributed by atoms with Crippen molar-refractivity contribution in [2.24, 2.45) is 0 Å². The summed E-state index contributed by atoms with van der Waals surface area (Å²) in [6.45, 7) is 4.19. The molecule has 0 aliphatic carbocycles. The molecule has 1 aromatic heterocycles. The molecule has 0 atom stereocenters. The van der Waals surface area contributed by atoms with Crippen molar-refractivity contribution in [3.63, 3.8) is 0 Å². The molecule has 1 aliphatic heterocycles. The molecule has 8 nitrogen and oxygen atoms in total. The van der Waals surface area contributed by atoms with E-state index in [9.17, 15) is 20.0 Å². The zero-order valence-electron chi connectivity index (χ0n) is 19.0. The second-order valence-electron chi connectivity index (χ2n) is 7.94. The van der Waals surface area contributed by atoms with Crippen molar-refractivity contribution in [2.75, 3.05) is 13.4 Å². The van der Waals surface area contributed by atoms with Crippen LogP contribution in [0.25, 0.3) is 0 Å². The van der Waals surface area contributed by atoms with Gasteiger partial charge < -0.3 is 19.3 Å². The lowest BCUT2D eigenvalue weighted by atomic mass is 9.97. The Morgan fingerprint density at radius 3 is 2.62 bits per heavy atom. The third-order valence-corrected chi connectivity index (χ3v) is 5.69. The van der Waals surface area contributed by atoms with Crippen LogP contribution >= 0.6 is 0 Å². The number of aromatic nitrogens is 1. The predicted molar refractivity (Wildman–Crippen MR) is 124 cm³/mol. The van der Waals surface area contributed by atoms with Crippen molar-refractivity contribution in [3.05, 3.63) is 80.6 Å². The van der Waals surface area contributed by atoms with Gasteiger partial charge in [0.2, 0.25) is 12.7 Å². The van der Waals surface area contributed by atoms with Gasteiger partial charge in [0.25, 0.3) is 5.56 Å². The van der Waals surface area contributed by atoms with Crippen LogP contribution in [0.4, 0.5) is 0 Å². The van der Waals surface area contributed by atoms with Crippen molar-refractivity contribution < 1.29 is 24.1 Å². The summed E-state index contributed by atoms with van der Waals surface area (Å²) < 4.78 is 17.3. The molecule has 0 fully saturated rings. The summed E-state index contributed by atoms with van der Waals surface area (Å²) in [6, 6.07) is 13.6. The molecule has 4 rings (SSSR count). The van der Waals surface area contributed by atoms with Crippen LogP contribution in [0.5, 0.6) is 23.1 Å². The first kappa shape index (κ1) is 22.9. The van der Waals surface area contributed by atoms with Crippen LogP contribution in [0.2, 0.25) is 0 Å². The molecule has 174 valence electrons. The number of fused-ring (bicyclic) bond motifs is 1. The second-order valence-corrected chi connectivity index (χ2v) is 7.94. The number of unbranched alkanes of at least 4 members (excludes halogenated alkanes) is 1. The topological polar surface area (TPSA) is 111 Å². The van der Waals surface area contributed by atoms with E-state index in [1.807, 2.05) is 6.07 Å². The molecule has 0 spiro atoms. The molecule has 0 amide bonds. The monoisotopic (exact) mass is 460 g/mol. The van der Waals surface area contributed by atoms with Gasteiger partial charge in [-0.3, -0.25) is 14.2 Å². The highest BCUT2D eigenvalue weighted by atomic mass is 16.7. The number of benzene rings is 2. The van der Waals surface area contributed by atoms with Gasteiger partial charge in [0.15, 0.2) is 17.3 Å². The van der Waals surface area contributed by atoms with Crippen LogP contribution in [-0.2, 0) is 6.54 Å². The summed E-state index contributed by atoms with van der Waals surface area (Å²) in [5.74, 6) is 0.755. The molecule has 1 aliphatic rings. The summed E-state index contributed by atoms with van der Waals surface area (Å²) in [5, 5.41) is 20.6. The summed E-state index contributed by atoms with van der Waals surface area (Å²) in [6.07, 6.45) is 1.94. The van der Waals surface area contributed by atoms with Gasteiger partial charge in [-0.05, 0) is 60.9 Å². The van der Waals surface area contributed by atoms with Gasteiger partial charge in [0, 0.05) is 5.56 Å². The van der Waals surface area contributed by atoms with E-state index in [-0.39, 0.29) is 30.0 Å². The molecular weight excluding hydrogens is 436 g/mol. The second kappa shape index (κ2) is 9.71. The third-order valence-electron chi connectivity index (χ3n) is 5.69. The molecule has 0 unspecified atom stereocenters. The Morgan fingerprint density at radius 1 is 1.18 bits per heavy atom. The Bertz CT molecular complexity index is 1340. The maximum atomic E-state index is 13.3. The van der Waals surface area contributed by atoms with E-state index in [0.29, 0.717) is 35.0 Å². The Kier molecular flexibility index (Phi) is 6.55. The van der Waals surface area contributed by atoms with Gasteiger partial charge >= 0.3 is 0 Å². The summed E-state index contributed by atoms with van der Waals surface area (Å²) in [7, 11) is 0. The fourth-order valence-electron chi connectivity index (χ4n) is 3.77. The zero-order valence-corrected chi connectivity index (χ0v) is 19.0. The molecule has 0 radical (unpaired) electrons. The van der Waals surface area contributed by atoms with E-state index in [0.717, 1.165) is 17.4 Å². The number of hydrogen-bond donors (Lipinski definition) is 1. The number of pyridine rings is 1. The average molecular weight is 460 g/mol. The highest BCUT2D eigenvalue weighted by molar-refractivity contribution is 6.11. The molecule has 2 aromatic carbocycles. The van der Waals surface area contributed by atoms with Crippen LogP contribution < -0.4 is 19.8 Å². The molecule has 0 bridgehead atoms. The number of carbonyl (C=O) groups excluding carboxylic acids is 1. The molecule has 8 heteroatoms. The van der Waals surface area contributed by atoms with Crippen molar-refractivity contribution in [3.8, 4) is 29.2 Å². The molecular formula is C26H24N2O6. The van der Waals surface area contributed by atoms with E-state index in [2.05, 4.69) is 6.92 Å². The number of nitriles is 1. The number of carbonyl (C=O) groups is 1. The van der Waals surface area contributed by atoms with Gasteiger partial charge in [0.1, 0.15) is 17.4 Å².